The number of thiazole rings is 1. The van der Waals surface area contributed by atoms with E-state index in [1.807, 2.05) is 6.08 Å². The maximum atomic E-state index is 12.9. The summed E-state index contributed by atoms with van der Waals surface area (Å²) in [5.41, 5.74) is 5.02. The largest absolute Gasteiger partial charge is 0.480 e. The molecule has 8 nitrogen and oxygen atoms in total. The summed E-state index contributed by atoms with van der Waals surface area (Å²) in [4.78, 5) is 38.1. The molecule has 0 radical (unpaired) electrons. The molecule has 0 bridgehead atoms. The molecule has 9 heteroatoms. The van der Waals surface area contributed by atoms with Crippen molar-refractivity contribution in [2.75, 3.05) is 11.4 Å². The van der Waals surface area contributed by atoms with Gasteiger partial charge in [-0.1, -0.05) is 57.4 Å². The van der Waals surface area contributed by atoms with E-state index in [0.29, 0.717) is 5.92 Å². The van der Waals surface area contributed by atoms with Crippen LogP contribution in [0.1, 0.15) is 63.5 Å². The lowest BCUT2D eigenvalue weighted by atomic mass is 9.88. The summed E-state index contributed by atoms with van der Waals surface area (Å²) in [6.45, 7) is 4.78. The maximum Gasteiger partial charge on any atom is 0.349 e. The second-order valence-electron chi connectivity index (χ2n) is 10.4. The number of nitrogens with zero attached hydrogens (tertiary/aromatic N) is 3. The van der Waals surface area contributed by atoms with E-state index < -0.39 is 29.6 Å². The number of fused-ring (bicyclic) bond motifs is 1. The Morgan fingerprint density at radius 1 is 1.20 bits per heavy atom. The Balaban J connectivity index is 1.68. The van der Waals surface area contributed by atoms with E-state index in [-0.39, 0.29) is 9.20 Å². The van der Waals surface area contributed by atoms with Gasteiger partial charge in [-0.3, -0.25) is 14.2 Å². The van der Waals surface area contributed by atoms with E-state index in [9.17, 15) is 29.9 Å². The SMILES string of the molecule is CCCCCCN1C2=C(CCc3cc(/C=C/C=c4\s/c(=C(\C#N)C(=O)O)n(CC(=O)O)c4=O)ccc31)C(C)CC=C2. The highest BCUT2D eigenvalue weighted by atomic mass is 32.1. The van der Waals surface area contributed by atoms with Crippen LogP contribution in [0.5, 0.6) is 0 Å². The molecule has 2 aromatic rings. The van der Waals surface area contributed by atoms with Crippen molar-refractivity contribution in [1.29, 1.82) is 5.26 Å². The van der Waals surface area contributed by atoms with Gasteiger partial charge in [-0.15, -0.1) is 11.3 Å². The lowest BCUT2D eigenvalue weighted by Gasteiger charge is -2.31. The van der Waals surface area contributed by atoms with Gasteiger partial charge < -0.3 is 15.1 Å². The Morgan fingerprint density at radius 3 is 2.71 bits per heavy atom. The molecule has 41 heavy (non-hydrogen) atoms. The van der Waals surface area contributed by atoms with Gasteiger partial charge in [-0.2, -0.15) is 5.26 Å². The minimum atomic E-state index is -1.51. The van der Waals surface area contributed by atoms with Crippen LogP contribution in [0, 0.1) is 17.2 Å². The Bertz CT molecular complexity index is 1650. The first kappa shape index (κ1) is 29.8. The first-order chi connectivity index (χ1) is 19.7. The van der Waals surface area contributed by atoms with Crippen molar-refractivity contribution in [1.82, 2.24) is 4.57 Å². The second-order valence-corrected chi connectivity index (χ2v) is 11.5. The number of anilines is 1. The van der Waals surface area contributed by atoms with Gasteiger partial charge in [0.1, 0.15) is 17.3 Å². The van der Waals surface area contributed by atoms with E-state index in [4.69, 9.17) is 0 Å². The lowest BCUT2D eigenvalue weighted by Crippen LogP contribution is -2.35. The molecular weight excluding hydrogens is 538 g/mol. The molecule has 0 saturated carbocycles. The molecule has 2 N–H and O–H groups in total. The molecule has 214 valence electrons. The fourth-order valence-corrected chi connectivity index (χ4v) is 6.51. The molecule has 1 unspecified atom stereocenters. The fraction of sp³-hybridized carbons (Fsp3) is 0.375. The number of aliphatic carboxylic acids is 2. The number of carbonyl (C=O) groups is 2. The summed E-state index contributed by atoms with van der Waals surface area (Å²) in [6.07, 6.45) is 17.5. The molecule has 0 amide bonds. The number of carboxylic acids is 2. The van der Waals surface area contributed by atoms with Gasteiger partial charge in [0.15, 0.2) is 5.57 Å². The number of hydrogen-bond donors (Lipinski definition) is 2. The van der Waals surface area contributed by atoms with E-state index in [2.05, 4.69) is 49.1 Å². The summed E-state index contributed by atoms with van der Waals surface area (Å²) in [5, 5.41) is 27.8. The molecule has 1 aliphatic carbocycles. The Kier molecular flexibility index (Phi) is 9.79. The zero-order valence-electron chi connectivity index (χ0n) is 23.4. The van der Waals surface area contributed by atoms with Crippen LogP contribution in [0.25, 0.3) is 17.7 Å². The number of unbranched alkanes of at least 4 members (excludes halogenated alkanes) is 3. The average molecular weight is 574 g/mol. The van der Waals surface area contributed by atoms with Crippen molar-refractivity contribution in [3.05, 3.63) is 78.4 Å². The van der Waals surface area contributed by atoms with Gasteiger partial charge in [0.05, 0.1) is 4.53 Å². The van der Waals surface area contributed by atoms with Crippen LogP contribution in [0.2, 0.25) is 0 Å². The molecular formula is C32H35N3O5S. The van der Waals surface area contributed by atoms with Gasteiger partial charge in [-0.25, -0.2) is 4.79 Å². The number of aryl methyl sites for hydroxylation is 1. The van der Waals surface area contributed by atoms with Crippen molar-refractivity contribution >= 4 is 46.7 Å². The van der Waals surface area contributed by atoms with Crippen LogP contribution in [-0.2, 0) is 22.6 Å². The van der Waals surface area contributed by atoms with E-state index in [0.717, 1.165) is 53.7 Å². The van der Waals surface area contributed by atoms with Crippen molar-refractivity contribution in [2.24, 2.45) is 5.92 Å². The summed E-state index contributed by atoms with van der Waals surface area (Å²) >= 11 is 0.794. The third-order valence-electron chi connectivity index (χ3n) is 7.55. The molecule has 0 spiro atoms. The first-order valence-electron chi connectivity index (χ1n) is 14.0. The molecule has 2 aliphatic rings. The van der Waals surface area contributed by atoms with E-state index in [1.54, 1.807) is 12.1 Å². The maximum absolute atomic E-state index is 12.9. The monoisotopic (exact) mass is 573 g/mol. The summed E-state index contributed by atoms with van der Waals surface area (Å²) < 4.78 is 0.786. The molecule has 1 aromatic heterocycles. The molecule has 1 atom stereocenters. The first-order valence-corrected chi connectivity index (χ1v) is 14.8. The van der Waals surface area contributed by atoms with Crippen LogP contribution in [0.4, 0.5) is 5.69 Å². The van der Waals surface area contributed by atoms with Crippen LogP contribution in [0.15, 0.2) is 52.5 Å². The molecule has 4 rings (SSSR count). The minimum absolute atomic E-state index is 0.150. The normalized spacial score (nSPS) is 17.7. The van der Waals surface area contributed by atoms with Crippen LogP contribution in [0.3, 0.4) is 0 Å². The highest BCUT2D eigenvalue weighted by Gasteiger charge is 2.26. The van der Waals surface area contributed by atoms with Crippen molar-refractivity contribution in [3.63, 3.8) is 0 Å². The second kappa shape index (κ2) is 13.5. The molecule has 0 fully saturated rings. The molecule has 1 aromatic carbocycles. The third-order valence-corrected chi connectivity index (χ3v) is 8.70. The van der Waals surface area contributed by atoms with Crippen LogP contribution < -0.4 is 19.7 Å². The zero-order chi connectivity index (χ0) is 29.5. The van der Waals surface area contributed by atoms with Crippen molar-refractivity contribution < 1.29 is 19.8 Å². The van der Waals surface area contributed by atoms with Gasteiger partial charge in [0, 0.05) is 17.9 Å². The topological polar surface area (TPSA) is 124 Å². The van der Waals surface area contributed by atoms with Gasteiger partial charge in [0.25, 0.3) is 5.56 Å². The van der Waals surface area contributed by atoms with Gasteiger partial charge in [-0.05, 0) is 72.6 Å². The fourth-order valence-electron chi connectivity index (χ4n) is 5.46. The summed E-state index contributed by atoms with van der Waals surface area (Å²) in [7, 11) is 0. The number of allylic oxidation sites excluding steroid dienone is 4. The number of benzene rings is 1. The predicted octanol–water partition coefficient (Wildman–Crippen LogP) is 4.43. The molecule has 2 heterocycles. The van der Waals surface area contributed by atoms with E-state index >= 15 is 0 Å². The minimum Gasteiger partial charge on any atom is -0.480 e. The van der Waals surface area contributed by atoms with Crippen LogP contribution in [-0.4, -0.2) is 33.3 Å². The number of carboxylic acid groups (broad SMARTS) is 2. The summed E-state index contributed by atoms with van der Waals surface area (Å²) in [6, 6.07) is 7.97. The average Bonchev–Trinajstić information content (AvgIpc) is 3.12. The number of rotatable bonds is 10. The molecule has 1 aliphatic heterocycles. The Hall–Kier alpha value is -4.16. The highest BCUT2D eigenvalue weighted by Crippen LogP contribution is 2.39. The number of hydrogen-bond acceptors (Lipinski definition) is 6. The van der Waals surface area contributed by atoms with Crippen molar-refractivity contribution in [3.8, 4) is 6.07 Å². The lowest BCUT2D eigenvalue weighted by molar-refractivity contribution is -0.138. The quantitative estimate of drug-likeness (QED) is 0.403. The number of nitriles is 1. The Morgan fingerprint density at radius 2 is 2.00 bits per heavy atom. The van der Waals surface area contributed by atoms with Gasteiger partial charge in [0.2, 0.25) is 0 Å². The summed E-state index contributed by atoms with van der Waals surface area (Å²) in [5.74, 6) is -2.29. The molecule has 0 saturated heterocycles. The zero-order valence-corrected chi connectivity index (χ0v) is 24.2. The number of aromatic nitrogens is 1. The van der Waals surface area contributed by atoms with E-state index in [1.165, 1.54) is 47.9 Å². The standard InChI is InChI=1S/C32H35N3O5S/c1-3-4-5-6-17-34-26-16-13-22(18-23(26)14-15-24-21(2)9-7-11-27(24)34)10-8-12-28-30(38)35(20-29(36)37)31(41-28)25(19-33)32(39)40/h7-8,10-13,16,18,21H,3-6,9,14-15,17,20H2,1-2H3,(H,36,37)(H,39,40)/b10-8+,28-12-,31-25+. The van der Waals surface area contributed by atoms with Crippen molar-refractivity contribution in [2.45, 2.75) is 65.3 Å². The van der Waals surface area contributed by atoms with Gasteiger partial charge >= 0.3 is 11.9 Å². The smallest absolute Gasteiger partial charge is 0.349 e. The highest BCUT2D eigenvalue weighted by molar-refractivity contribution is 7.07. The Labute approximate surface area is 243 Å². The van der Waals surface area contributed by atoms with Crippen LogP contribution >= 0.6 is 11.3 Å². The third kappa shape index (κ3) is 6.77. The predicted molar refractivity (Wildman–Crippen MR) is 162 cm³/mol.